The van der Waals surface area contributed by atoms with Crippen LogP contribution in [0.2, 0.25) is 0 Å². The number of hydrogen-bond acceptors (Lipinski definition) is 5. The van der Waals surface area contributed by atoms with Crippen LogP contribution in [0, 0.1) is 0 Å². The maximum absolute atomic E-state index is 13.0. The molecule has 0 spiro atoms. The largest absolute Gasteiger partial charge is 0.450 e. The van der Waals surface area contributed by atoms with Gasteiger partial charge in [0.15, 0.2) is 0 Å². The van der Waals surface area contributed by atoms with E-state index in [-0.39, 0.29) is 12.1 Å². The van der Waals surface area contributed by atoms with Gasteiger partial charge in [-0.1, -0.05) is 6.07 Å². The molecule has 7 nitrogen and oxygen atoms in total. The fourth-order valence-corrected chi connectivity index (χ4v) is 5.38. The number of rotatable bonds is 6. The second-order valence-electron chi connectivity index (χ2n) is 5.95. The number of carbonyl (C=O) groups is 1. The summed E-state index contributed by atoms with van der Waals surface area (Å²) in [6, 6.07) is 4.02. The minimum atomic E-state index is -3.50. The quantitative estimate of drug-likeness (QED) is 0.761. The second-order valence-corrected chi connectivity index (χ2v) is 8.86. The molecular weight excluding hydrogens is 350 g/mol. The summed E-state index contributed by atoms with van der Waals surface area (Å²) in [7, 11) is -3.50. The zero-order valence-corrected chi connectivity index (χ0v) is 15.4. The van der Waals surface area contributed by atoms with Crippen molar-refractivity contribution in [3.63, 3.8) is 0 Å². The first-order valence-corrected chi connectivity index (χ1v) is 10.5. The van der Waals surface area contributed by atoms with Crippen molar-refractivity contribution in [1.29, 1.82) is 0 Å². The van der Waals surface area contributed by atoms with Crippen LogP contribution in [0.25, 0.3) is 0 Å². The first-order valence-electron chi connectivity index (χ1n) is 8.23. The molecule has 0 atom stereocenters. The molecule has 2 heterocycles. The SMILES string of the molecule is CCOC(=O)N1CCN(S(=O)(=O)N(Cc2cccs2)C2CC2)CC1. The Hall–Kier alpha value is -1.16. The molecule has 1 amide bonds. The van der Waals surface area contributed by atoms with Gasteiger partial charge in [0.25, 0.3) is 10.2 Å². The fraction of sp³-hybridized carbons (Fsp3) is 0.667. The molecule has 1 aliphatic carbocycles. The summed E-state index contributed by atoms with van der Waals surface area (Å²) < 4.78 is 34.1. The molecule has 0 aromatic carbocycles. The van der Waals surface area contributed by atoms with Gasteiger partial charge in [-0.25, -0.2) is 4.79 Å². The third-order valence-corrected chi connectivity index (χ3v) is 7.13. The summed E-state index contributed by atoms with van der Waals surface area (Å²) >= 11 is 1.57. The lowest BCUT2D eigenvalue weighted by Crippen LogP contribution is -2.54. The number of nitrogens with zero attached hydrogens (tertiary/aromatic N) is 3. The average molecular weight is 374 g/mol. The van der Waals surface area contributed by atoms with E-state index in [0.717, 1.165) is 17.7 Å². The highest BCUT2D eigenvalue weighted by atomic mass is 32.2. The summed E-state index contributed by atoms with van der Waals surface area (Å²) in [5, 5.41) is 1.96. The topological polar surface area (TPSA) is 70.2 Å². The van der Waals surface area contributed by atoms with Gasteiger partial charge in [0.05, 0.1) is 6.61 Å². The van der Waals surface area contributed by atoms with Crippen LogP contribution in [-0.2, 0) is 21.5 Å². The molecule has 3 rings (SSSR count). The van der Waals surface area contributed by atoms with Crippen LogP contribution in [0.1, 0.15) is 24.6 Å². The number of thiophene rings is 1. The van der Waals surface area contributed by atoms with Crippen molar-refractivity contribution in [2.45, 2.75) is 32.4 Å². The lowest BCUT2D eigenvalue weighted by atomic mass is 10.4. The van der Waals surface area contributed by atoms with E-state index in [2.05, 4.69) is 0 Å². The van der Waals surface area contributed by atoms with Gasteiger partial charge in [-0.3, -0.25) is 0 Å². The van der Waals surface area contributed by atoms with Crippen LogP contribution in [0.3, 0.4) is 0 Å². The number of ether oxygens (including phenoxy) is 1. The van der Waals surface area contributed by atoms with Crippen molar-refractivity contribution >= 4 is 27.6 Å². The molecule has 9 heteroatoms. The first kappa shape index (κ1) is 17.7. The predicted molar refractivity (Wildman–Crippen MR) is 92.0 cm³/mol. The van der Waals surface area contributed by atoms with Gasteiger partial charge in [0, 0.05) is 43.6 Å². The van der Waals surface area contributed by atoms with E-state index in [1.807, 2.05) is 17.5 Å². The van der Waals surface area contributed by atoms with Gasteiger partial charge in [0.2, 0.25) is 0 Å². The van der Waals surface area contributed by atoms with Gasteiger partial charge < -0.3 is 9.64 Å². The minimum Gasteiger partial charge on any atom is -0.450 e. The molecule has 0 radical (unpaired) electrons. The van der Waals surface area contributed by atoms with Crippen LogP contribution in [0.15, 0.2) is 17.5 Å². The third kappa shape index (κ3) is 3.90. The number of amides is 1. The second kappa shape index (κ2) is 7.38. The van der Waals surface area contributed by atoms with Crippen LogP contribution < -0.4 is 0 Å². The maximum Gasteiger partial charge on any atom is 0.409 e. The van der Waals surface area contributed by atoms with Crippen molar-refractivity contribution in [3.05, 3.63) is 22.4 Å². The Labute approximate surface area is 147 Å². The smallest absolute Gasteiger partial charge is 0.409 e. The lowest BCUT2D eigenvalue weighted by molar-refractivity contribution is 0.0923. The Bertz CT molecular complexity index is 650. The minimum absolute atomic E-state index is 0.111. The van der Waals surface area contributed by atoms with Gasteiger partial charge in [0.1, 0.15) is 0 Å². The molecule has 2 fully saturated rings. The van der Waals surface area contributed by atoms with E-state index >= 15 is 0 Å². The zero-order valence-electron chi connectivity index (χ0n) is 13.8. The van der Waals surface area contributed by atoms with Crippen LogP contribution in [-0.4, -0.2) is 66.8 Å². The summed E-state index contributed by atoms with van der Waals surface area (Å²) in [4.78, 5) is 14.4. The standard InChI is InChI=1S/C15H23N3O4S2/c1-2-22-15(19)16-7-9-17(10-8-16)24(20,21)18(13-5-6-13)12-14-4-3-11-23-14/h3-4,11,13H,2,5-10,12H2,1H3. The van der Waals surface area contributed by atoms with E-state index in [1.165, 1.54) is 4.31 Å². The molecule has 1 saturated carbocycles. The van der Waals surface area contributed by atoms with Crippen molar-refractivity contribution in [2.75, 3.05) is 32.8 Å². The highest BCUT2D eigenvalue weighted by Crippen LogP contribution is 2.33. The third-order valence-electron chi connectivity index (χ3n) is 4.23. The Kier molecular flexibility index (Phi) is 5.43. The monoisotopic (exact) mass is 373 g/mol. The van der Waals surface area contributed by atoms with E-state index in [1.54, 1.807) is 27.5 Å². The molecule has 0 bridgehead atoms. The highest BCUT2D eigenvalue weighted by Gasteiger charge is 2.41. The summed E-state index contributed by atoms with van der Waals surface area (Å²) in [6.07, 6.45) is 1.48. The molecule has 24 heavy (non-hydrogen) atoms. The molecule has 1 saturated heterocycles. The molecule has 134 valence electrons. The highest BCUT2D eigenvalue weighted by molar-refractivity contribution is 7.86. The summed E-state index contributed by atoms with van der Waals surface area (Å²) in [5.74, 6) is 0. The number of carbonyl (C=O) groups excluding carboxylic acids is 1. The molecule has 1 aromatic rings. The normalized spacial score (nSPS) is 19.7. The summed E-state index contributed by atoms with van der Waals surface area (Å²) in [6.45, 7) is 3.89. The number of hydrogen-bond donors (Lipinski definition) is 0. The number of piperazine rings is 1. The van der Waals surface area contributed by atoms with E-state index in [4.69, 9.17) is 4.74 Å². The zero-order chi connectivity index (χ0) is 17.2. The van der Waals surface area contributed by atoms with Gasteiger partial charge >= 0.3 is 6.09 Å². The molecule has 0 N–H and O–H groups in total. The lowest BCUT2D eigenvalue weighted by Gasteiger charge is -2.36. The van der Waals surface area contributed by atoms with Gasteiger partial charge in [-0.15, -0.1) is 11.3 Å². The van der Waals surface area contributed by atoms with Crippen molar-refractivity contribution in [3.8, 4) is 0 Å². The summed E-state index contributed by atoms with van der Waals surface area (Å²) in [5.41, 5.74) is 0. The average Bonchev–Trinajstić information content (AvgIpc) is 3.28. The van der Waals surface area contributed by atoms with Crippen molar-refractivity contribution in [2.24, 2.45) is 0 Å². The molecular formula is C15H23N3O4S2. The van der Waals surface area contributed by atoms with E-state index in [0.29, 0.717) is 39.3 Å². The molecule has 0 unspecified atom stereocenters. The Morgan fingerprint density at radius 3 is 2.58 bits per heavy atom. The van der Waals surface area contributed by atoms with E-state index in [9.17, 15) is 13.2 Å². The van der Waals surface area contributed by atoms with Crippen LogP contribution in [0.4, 0.5) is 4.79 Å². The Balaban J connectivity index is 1.65. The van der Waals surface area contributed by atoms with Crippen LogP contribution in [0.5, 0.6) is 0 Å². The van der Waals surface area contributed by atoms with Crippen LogP contribution >= 0.6 is 11.3 Å². The van der Waals surface area contributed by atoms with Crippen molar-refractivity contribution < 1.29 is 17.9 Å². The first-order chi connectivity index (χ1) is 11.5. The Morgan fingerprint density at radius 2 is 2.04 bits per heavy atom. The molecule has 2 aliphatic rings. The molecule has 1 aromatic heterocycles. The van der Waals surface area contributed by atoms with E-state index < -0.39 is 10.2 Å². The van der Waals surface area contributed by atoms with Gasteiger partial charge in [-0.05, 0) is 31.2 Å². The fourth-order valence-electron chi connectivity index (χ4n) is 2.78. The Morgan fingerprint density at radius 1 is 1.33 bits per heavy atom. The van der Waals surface area contributed by atoms with Gasteiger partial charge in [-0.2, -0.15) is 17.0 Å². The molecule has 1 aliphatic heterocycles. The van der Waals surface area contributed by atoms with Crippen molar-refractivity contribution in [1.82, 2.24) is 13.5 Å². The maximum atomic E-state index is 13.0. The predicted octanol–water partition coefficient (Wildman–Crippen LogP) is 1.73.